The lowest BCUT2D eigenvalue weighted by Crippen LogP contribution is -2.00. The van der Waals surface area contributed by atoms with Crippen molar-refractivity contribution >= 4 is 21.6 Å². The molecule has 2 N–H and O–H groups in total. The average Bonchev–Trinajstić information content (AvgIpc) is 2.40. The van der Waals surface area contributed by atoms with E-state index in [4.69, 9.17) is 15.2 Å². The van der Waals surface area contributed by atoms with Gasteiger partial charge in [0.1, 0.15) is 12.4 Å². The third-order valence-corrected chi connectivity index (χ3v) is 3.12. The molecule has 0 aliphatic heterocycles. The van der Waals surface area contributed by atoms with Crippen molar-refractivity contribution in [2.75, 3.05) is 12.8 Å². The quantitative estimate of drug-likeness (QED) is 0.870. The van der Waals surface area contributed by atoms with Gasteiger partial charge in [0.25, 0.3) is 0 Å². The summed E-state index contributed by atoms with van der Waals surface area (Å²) in [5.41, 5.74) is 6.79. The molecule has 2 rings (SSSR count). The second-order valence-corrected chi connectivity index (χ2v) is 4.86. The molecule has 2 aromatic carbocycles. The lowest BCUT2D eigenvalue weighted by Gasteiger charge is -2.11. The molecular formula is C14H13BrFNO2. The van der Waals surface area contributed by atoms with E-state index in [-0.39, 0.29) is 18.0 Å². The molecule has 100 valence electrons. The van der Waals surface area contributed by atoms with Crippen LogP contribution in [-0.4, -0.2) is 7.11 Å². The lowest BCUT2D eigenvalue weighted by atomic mass is 10.2. The van der Waals surface area contributed by atoms with Gasteiger partial charge in [-0.15, -0.1) is 0 Å². The molecule has 0 heterocycles. The minimum Gasteiger partial charge on any atom is -0.494 e. The third kappa shape index (κ3) is 3.38. The van der Waals surface area contributed by atoms with Gasteiger partial charge in [0, 0.05) is 16.6 Å². The molecule has 0 atom stereocenters. The summed E-state index contributed by atoms with van der Waals surface area (Å²) in [6.45, 7) is 0.275. The number of hydrogen-bond acceptors (Lipinski definition) is 3. The largest absolute Gasteiger partial charge is 0.494 e. The second kappa shape index (κ2) is 5.93. The van der Waals surface area contributed by atoms with E-state index in [9.17, 15) is 4.39 Å². The van der Waals surface area contributed by atoms with Gasteiger partial charge in [-0.25, -0.2) is 4.39 Å². The third-order valence-electron chi connectivity index (χ3n) is 2.59. The fourth-order valence-electron chi connectivity index (χ4n) is 1.58. The number of nitrogens with two attached hydrogens (primary N) is 1. The van der Waals surface area contributed by atoms with Gasteiger partial charge in [0.15, 0.2) is 11.6 Å². The number of rotatable bonds is 4. The number of benzene rings is 2. The lowest BCUT2D eigenvalue weighted by molar-refractivity contribution is 0.288. The van der Waals surface area contributed by atoms with Crippen LogP contribution in [-0.2, 0) is 6.61 Å². The summed E-state index contributed by atoms with van der Waals surface area (Å²) in [5, 5.41) is 0. The first-order valence-corrected chi connectivity index (χ1v) is 6.39. The van der Waals surface area contributed by atoms with Gasteiger partial charge >= 0.3 is 0 Å². The van der Waals surface area contributed by atoms with E-state index in [1.165, 1.54) is 19.2 Å². The van der Waals surface area contributed by atoms with Crippen molar-refractivity contribution in [3.8, 4) is 11.5 Å². The number of anilines is 1. The number of methoxy groups -OCH3 is 1. The highest BCUT2D eigenvalue weighted by Crippen LogP contribution is 2.30. The molecule has 2 aromatic rings. The molecule has 0 unspecified atom stereocenters. The molecule has 0 bridgehead atoms. The van der Waals surface area contributed by atoms with E-state index >= 15 is 0 Å². The van der Waals surface area contributed by atoms with Crippen LogP contribution in [0.4, 0.5) is 10.1 Å². The van der Waals surface area contributed by atoms with Gasteiger partial charge < -0.3 is 15.2 Å². The number of nitrogen functional groups attached to an aromatic ring is 1. The van der Waals surface area contributed by atoms with Crippen molar-refractivity contribution in [1.82, 2.24) is 0 Å². The van der Waals surface area contributed by atoms with Gasteiger partial charge in [0.05, 0.1) is 12.8 Å². The molecule has 3 nitrogen and oxygen atoms in total. The summed E-state index contributed by atoms with van der Waals surface area (Å²) < 4.78 is 25.1. The summed E-state index contributed by atoms with van der Waals surface area (Å²) in [5.74, 6) is 0.0107. The maximum absolute atomic E-state index is 13.7. The highest BCUT2D eigenvalue weighted by atomic mass is 79.9. The maximum Gasteiger partial charge on any atom is 0.167 e. The minimum atomic E-state index is -0.504. The zero-order valence-electron chi connectivity index (χ0n) is 10.3. The van der Waals surface area contributed by atoms with Crippen LogP contribution in [0.3, 0.4) is 0 Å². The Morgan fingerprint density at radius 3 is 2.47 bits per heavy atom. The Bertz CT molecular complexity index is 572. The fourth-order valence-corrected chi connectivity index (χ4v) is 1.84. The van der Waals surface area contributed by atoms with E-state index in [2.05, 4.69) is 15.9 Å². The first-order valence-electron chi connectivity index (χ1n) is 5.60. The molecule has 5 heteroatoms. The SMILES string of the molecule is COc1cc(OCc2ccc(Br)cc2)c(F)cc1N. The van der Waals surface area contributed by atoms with Crippen molar-refractivity contribution in [3.63, 3.8) is 0 Å². The van der Waals surface area contributed by atoms with Crippen molar-refractivity contribution in [2.45, 2.75) is 6.61 Å². The Labute approximate surface area is 119 Å². The van der Waals surface area contributed by atoms with Crippen LogP contribution in [0.5, 0.6) is 11.5 Å². The van der Waals surface area contributed by atoms with Crippen molar-refractivity contribution < 1.29 is 13.9 Å². The van der Waals surface area contributed by atoms with Crippen LogP contribution in [0.2, 0.25) is 0 Å². The monoisotopic (exact) mass is 325 g/mol. The smallest absolute Gasteiger partial charge is 0.167 e. The Kier molecular flexibility index (Phi) is 4.27. The van der Waals surface area contributed by atoms with Gasteiger partial charge in [0.2, 0.25) is 0 Å². The first-order chi connectivity index (χ1) is 9.10. The Morgan fingerprint density at radius 2 is 1.84 bits per heavy atom. The molecule has 0 radical (unpaired) electrons. The first kappa shape index (κ1) is 13.7. The van der Waals surface area contributed by atoms with E-state index in [0.717, 1.165) is 10.0 Å². The standard InChI is InChI=1S/C14H13BrFNO2/c1-18-14-7-13(11(16)6-12(14)17)19-8-9-2-4-10(15)5-3-9/h2-7H,8,17H2,1H3. The van der Waals surface area contributed by atoms with Crippen LogP contribution in [0.1, 0.15) is 5.56 Å². The van der Waals surface area contributed by atoms with Crippen LogP contribution in [0.25, 0.3) is 0 Å². The average molecular weight is 326 g/mol. The molecule has 0 aliphatic carbocycles. The van der Waals surface area contributed by atoms with E-state index in [1.807, 2.05) is 24.3 Å². The van der Waals surface area contributed by atoms with E-state index in [0.29, 0.717) is 5.75 Å². The van der Waals surface area contributed by atoms with Crippen molar-refractivity contribution in [1.29, 1.82) is 0 Å². The van der Waals surface area contributed by atoms with Crippen LogP contribution >= 0.6 is 15.9 Å². The molecule has 0 aromatic heterocycles. The normalized spacial score (nSPS) is 10.3. The Morgan fingerprint density at radius 1 is 1.16 bits per heavy atom. The molecule has 0 saturated heterocycles. The van der Waals surface area contributed by atoms with Gasteiger partial charge in [-0.1, -0.05) is 28.1 Å². The fraction of sp³-hybridized carbons (Fsp3) is 0.143. The topological polar surface area (TPSA) is 44.5 Å². The van der Waals surface area contributed by atoms with Crippen LogP contribution in [0.15, 0.2) is 40.9 Å². The van der Waals surface area contributed by atoms with Gasteiger partial charge in [-0.3, -0.25) is 0 Å². The summed E-state index contributed by atoms with van der Waals surface area (Å²) in [6, 6.07) is 10.2. The van der Waals surface area contributed by atoms with Crippen LogP contribution in [0, 0.1) is 5.82 Å². The van der Waals surface area contributed by atoms with E-state index < -0.39 is 5.82 Å². The van der Waals surface area contributed by atoms with Crippen molar-refractivity contribution in [3.05, 3.63) is 52.3 Å². The van der Waals surface area contributed by atoms with Gasteiger partial charge in [-0.2, -0.15) is 0 Å². The Hall–Kier alpha value is -1.75. The number of ether oxygens (including phenoxy) is 2. The maximum atomic E-state index is 13.7. The zero-order valence-corrected chi connectivity index (χ0v) is 11.9. The summed E-state index contributed by atoms with van der Waals surface area (Å²) in [7, 11) is 1.47. The van der Waals surface area contributed by atoms with Crippen LogP contribution < -0.4 is 15.2 Å². The predicted molar refractivity (Wildman–Crippen MR) is 75.8 cm³/mol. The highest BCUT2D eigenvalue weighted by Gasteiger charge is 2.09. The van der Waals surface area contributed by atoms with Gasteiger partial charge in [-0.05, 0) is 17.7 Å². The summed E-state index contributed by atoms with van der Waals surface area (Å²) in [6.07, 6.45) is 0. The molecule has 0 fully saturated rings. The number of halogens is 2. The molecular weight excluding hydrogens is 313 g/mol. The van der Waals surface area contributed by atoms with Crippen molar-refractivity contribution in [2.24, 2.45) is 0 Å². The predicted octanol–water partition coefficient (Wildman–Crippen LogP) is 3.76. The minimum absolute atomic E-state index is 0.119. The zero-order chi connectivity index (χ0) is 13.8. The molecule has 0 aliphatic rings. The molecule has 0 saturated carbocycles. The summed E-state index contributed by atoms with van der Waals surface area (Å²) >= 11 is 3.35. The molecule has 19 heavy (non-hydrogen) atoms. The molecule has 0 spiro atoms. The Balaban J connectivity index is 2.13. The molecule has 0 amide bonds. The second-order valence-electron chi connectivity index (χ2n) is 3.94. The number of hydrogen-bond donors (Lipinski definition) is 1. The van der Waals surface area contributed by atoms with E-state index in [1.54, 1.807) is 0 Å². The summed E-state index contributed by atoms with van der Waals surface area (Å²) in [4.78, 5) is 0. The highest BCUT2D eigenvalue weighted by molar-refractivity contribution is 9.10.